The molecule has 8 nitrogen and oxygen atoms in total. The van der Waals surface area contributed by atoms with Crippen LogP contribution >= 0.6 is 0 Å². The van der Waals surface area contributed by atoms with E-state index in [4.69, 9.17) is 4.42 Å². The Hall–Kier alpha value is -3.18. The molecule has 30 heavy (non-hydrogen) atoms. The van der Waals surface area contributed by atoms with Gasteiger partial charge in [0, 0.05) is 24.7 Å². The Balaban J connectivity index is 1.75. The predicted molar refractivity (Wildman–Crippen MR) is 104 cm³/mol. The molecule has 0 bridgehead atoms. The van der Waals surface area contributed by atoms with E-state index in [-0.39, 0.29) is 27.9 Å². The molecule has 1 N–H and O–H groups in total. The molecule has 3 aromatic rings. The van der Waals surface area contributed by atoms with E-state index in [0.29, 0.717) is 19.2 Å². The van der Waals surface area contributed by atoms with Crippen LogP contribution in [0.1, 0.15) is 24.2 Å². The molecule has 0 radical (unpaired) electrons. The normalized spacial score (nSPS) is 11.6. The number of sulfonamides is 1. The van der Waals surface area contributed by atoms with Gasteiger partial charge in [-0.3, -0.25) is 10.1 Å². The van der Waals surface area contributed by atoms with Crippen molar-refractivity contribution in [2.24, 2.45) is 0 Å². The number of hydrogen-bond acceptors (Lipinski definition) is 6. The first-order chi connectivity index (χ1) is 14.3. The topological polar surface area (TPSA) is 105 Å². The fourth-order valence-electron chi connectivity index (χ4n) is 2.71. The van der Waals surface area contributed by atoms with E-state index >= 15 is 0 Å². The summed E-state index contributed by atoms with van der Waals surface area (Å²) >= 11 is 0. The smallest absolute Gasteiger partial charge is 0.322 e. The van der Waals surface area contributed by atoms with Crippen molar-refractivity contribution < 1.29 is 26.4 Å². The minimum atomic E-state index is -3.64. The van der Waals surface area contributed by atoms with E-state index in [9.17, 15) is 22.0 Å². The first-order valence-electron chi connectivity index (χ1n) is 8.96. The van der Waals surface area contributed by atoms with Crippen molar-refractivity contribution in [1.29, 1.82) is 0 Å². The van der Waals surface area contributed by atoms with Crippen molar-refractivity contribution in [3.63, 3.8) is 0 Å². The van der Waals surface area contributed by atoms with Gasteiger partial charge in [0.05, 0.1) is 10.5 Å². The molecule has 0 aliphatic carbocycles. The molecule has 2 aromatic carbocycles. The lowest BCUT2D eigenvalue weighted by Gasteiger charge is -2.18. The number of carbonyl (C=O) groups excluding carboxylic acids is 1. The molecule has 1 aromatic heterocycles. The number of hydrogen-bond donors (Lipinski definition) is 1. The number of nitrogens with zero attached hydrogens (tertiary/aromatic N) is 3. The van der Waals surface area contributed by atoms with Crippen LogP contribution in [0, 0.1) is 11.6 Å². The molecule has 3 rings (SSSR count). The molecule has 1 amide bonds. The third kappa shape index (κ3) is 4.36. The van der Waals surface area contributed by atoms with E-state index in [2.05, 4.69) is 15.5 Å². The van der Waals surface area contributed by atoms with Crippen molar-refractivity contribution in [2.75, 3.05) is 18.4 Å². The van der Waals surface area contributed by atoms with Gasteiger partial charge in [0.25, 0.3) is 11.8 Å². The van der Waals surface area contributed by atoms with Gasteiger partial charge in [-0.2, -0.15) is 4.31 Å². The van der Waals surface area contributed by atoms with Crippen molar-refractivity contribution in [2.45, 2.75) is 18.7 Å². The Labute approximate surface area is 171 Å². The van der Waals surface area contributed by atoms with Crippen LogP contribution in [-0.4, -0.2) is 41.9 Å². The van der Waals surface area contributed by atoms with Crippen LogP contribution in [0.2, 0.25) is 0 Å². The summed E-state index contributed by atoms with van der Waals surface area (Å²) in [6, 6.07) is 7.91. The average molecular weight is 436 g/mol. The van der Waals surface area contributed by atoms with Gasteiger partial charge >= 0.3 is 6.01 Å². The number of benzene rings is 2. The summed E-state index contributed by atoms with van der Waals surface area (Å²) in [7, 11) is -3.64. The second-order valence-electron chi connectivity index (χ2n) is 6.10. The van der Waals surface area contributed by atoms with Crippen LogP contribution in [0.25, 0.3) is 11.5 Å². The standard InChI is InChI=1S/C19H18F2N4O4S/c1-3-25(4-2)30(27,28)14-8-5-12(6-9-14)17(26)22-19-24-23-18(29-19)15-10-7-13(20)11-16(15)21/h5-11H,3-4H2,1-2H3,(H,22,24,26). The van der Waals surface area contributed by atoms with Gasteiger partial charge in [0.15, 0.2) is 0 Å². The molecule has 1 heterocycles. The minimum absolute atomic E-state index is 0.0645. The lowest BCUT2D eigenvalue weighted by Crippen LogP contribution is -2.30. The maximum atomic E-state index is 13.8. The lowest BCUT2D eigenvalue weighted by atomic mass is 10.2. The lowest BCUT2D eigenvalue weighted by molar-refractivity contribution is 0.102. The number of carbonyl (C=O) groups is 1. The van der Waals surface area contributed by atoms with E-state index in [1.165, 1.54) is 28.6 Å². The van der Waals surface area contributed by atoms with Gasteiger partial charge in [-0.25, -0.2) is 17.2 Å². The van der Waals surface area contributed by atoms with E-state index in [1.807, 2.05) is 0 Å². The number of anilines is 1. The molecule has 0 aliphatic rings. The summed E-state index contributed by atoms with van der Waals surface area (Å²) in [5.41, 5.74) is 0.0385. The van der Waals surface area contributed by atoms with Crippen molar-refractivity contribution in [1.82, 2.24) is 14.5 Å². The molecule has 0 saturated heterocycles. The fraction of sp³-hybridized carbons (Fsp3) is 0.211. The van der Waals surface area contributed by atoms with Crippen molar-refractivity contribution >= 4 is 21.9 Å². The molecular formula is C19H18F2N4O4S. The van der Waals surface area contributed by atoms with Crippen molar-refractivity contribution in [3.8, 4) is 11.5 Å². The largest absolute Gasteiger partial charge is 0.403 e. The first-order valence-corrected chi connectivity index (χ1v) is 10.4. The zero-order valence-corrected chi connectivity index (χ0v) is 16.9. The van der Waals surface area contributed by atoms with Crippen LogP contribution in [0.3, 0.4) is 0 Å². The summed E-state index contributed by atoms with van der Waals surface area (Å²) < 4.78 is 58.3. The zero-order valence-electron chi connectivity index (χ0n) is 16.1. The number of rotatable bonds is 7. The highest BCUT2D eigenvalue weighted by Gasteiger charge is 2.22. The number of aromatic nitrogens is 2. The summed E-state index contributed by atoms with van der Waals surface area (Å²) in [4.78, 5) is 12.4. The maximum Gasteiger partial charge on any atom is 0.322 e. The first kappa shape index (κ1) is 21.5. The van der Waals surface area contributed by atoms with Crippen LogP contribution in [0.5, 0.6) is 0 Å². The summed E-state index contributed by atoms with van der Waals surface area (Å²) in [6.07, 6.45) is 0. The zero-order chi connectivity index (χ0) is 21.9. The number of amides is 1. The number of nitrogens with one attached hydrogen (secondary N) is 1. The third-order valence-electron chi connectivity index (χ3n) is 4.27. The van der Waals surface area contributed by atoms with Crippen LogP contribution < -0.4 is 5.32 Å². The molecular weight excluding hydrogens is 418 g/mol. The molecule has 0 spiro atoms. The van der Waals surface area contributed by atoms with Gasteiger partial charge in [0.1, 0.15) is 11.6 Å². The highest BCUT2D eigenvalue weighted by Crippen LogP contribution is 2.24. The Kier molecular flexibility index (Phi) is 6.22. The SMILES string of the molecule is CCN(CC)S(=O)(=O)c1ccc(C(=O)Nc2nnc(-c3ccc(F)cc3F)o2)cc1. The molecule has 0 atom stereocenters. The fourth-order valence-corrected chi connectivity index (χ4v) is 4.16. The van der Waals surface area contributed by atoms with Gasteiger partial charge < -0.3 is 4.42 Å². The monoisotopic (exact) mass is 436 g/mol. The molecule has 0 aliphatic heterocycles. The molecule has 0 unspecified atom stereocenters. The van der Waals surface area contributed by atoms with Gasteiger partial charge in [-0.1, -0.05) is 18.9 Å². The molecule has 11 heteroatoms. The molecule has 158 valence electrons. The van der Waals surface area contributed by atoms with Crippen molar-refractivity contribution in [3.05, 3.63) is 59.7 Å². The quantitative estimate of drug-likeness (QED) is 0.609. The molecule has 0 fully saturated rings. The number of halogens is 2. The summed E-state index contributed by atoms with van der Waals surface area (Å²) in [5.74, 6) is -2.50. The second kappa shape index (κ2) is 8.67. The molecule has 0 saturated carbocycles. The second-order valence-corrected chi connectivity index (χ2v) is 8.04. The average Bonchev–Trinajstić information content (AvgIpc) is 3.17. The van der Waals surface area contributed by atoms with Crippen LogP contribution in [0.4, 0.5) is 14.8 Å². The summed E-state index contributed by atoms with van der Waals surface area (Å²) in [5, 5.41) is 9.59. The Morgan fingerprint density at radius 2 is 1.73 bits per heavy atom. The van der Waals surface area contributed by atoms with Crippen LogP contribution in [0.15, 0.2) is 51.8 Å². The van der Waals surface area contributed by atoms with E-state index in [0.717, 1.165) is 12.1 Å². The van der Waals surface area contributed by atoms with Gasteiger partial charge in [-0.15, -0.1) is 5.10 Å². The Morgan fingerprint density at radius 1 is 1.07 bits per heavy atom. The van der Waals surface area contributed by atoms with Gasteiger partial charge in [-0.05, 0) is 36.4 Å². The maximum absolute atomic E-state index is 13.8. The van der Waals surface area contributed by atoms with E-state index < -0.39 is 27.6 Å². The highest BCUT2D eigenvalue weighted by molar-refractivity contribution is 7.89. The Morgan fingerprint density at radius 3 is 2.33 bits per heavy atom. The summed E-state index contributed by atoms with van der Waals surface area (Å²) in [6.45, 7) is 4.13. The van der Waals surface area contributed by atoms with E-state index in [1.54, 1.807) is 13.8 Å². The van der Waals surface area contributed by atoms with Gasteiger partial charge in [0.2, 0.25) is 10.0 Å². The third-order valence-corrected chi connectivity index (χ3v) is 6.33. The predicted octanol–water partition coefficient (Wildman–Crippen LogP) is 3.30. The Bertz CT molecular complexity index is 1160. The highest BCUT2D eigenvalue weighted by atomic mass is 32.2. The van der Waals surface area contributed by atoms with Crippen LogP contribution in [-0.2, 0) is 10.0 Å². The minimum Gasteiger partial charge on any atom is -0.403 e.